The summed E-state index contributed by atoms with van der Waals surface area (Å²) in [6.45, 7) is 13.7. The van der Waals surface area contributed by atoms with Gasteiger partial charge in [0, 0.05) is 37.8 Å². The Hall–Kier alpha value is -0.0800. The van der Waals surface area contributed by atoms with E-state index in [1.165, 1.54) is 26.1 Å². The molecular weight excluding hydrogens is 220 g/mol. The second-order valence-electron chi connectivity index (χ2n) is 8.02. The van der Waals surface area contributed by atoms with Crippen LogP contribution in [0.4, 0.5) is 0 Å². The molecule has 2 saturated carbocycles. The van der Waals surface area contributed by atoms with Crippen molar-refractivity contribution in [2.24, 2.45) is 23.2 Å². The number of fused-ring (bicyclic) bond motifs is 2. The molecule has 2 aliphatic heterocycles. The summed E-state index contributed by atoms with van der Waals surface area (Å²) in [6.07, 6.45) is 3.06. The van der Waals surface area contributed by atoms with Gasteiger partial charge in [-0.15, -0.1) is 0 Å². The van der Waals surface area contributed by atoms with E-state index in [9.17, 15) is 0 Å². The van der Waals surface area contributed by atoms with Crippen LogP contribution in [0.1, 0.15) is 40.5 Å². The summed E-state index contributed by atoms with van der Waals surface area (Å²) in [5, 5.41) is 0. The van der Waals surface area contributed by atoms with E-state index in [0.29, 0.717) is 0 Å². The second kappa shape index (κ2) is 3.52. The smallest absolute Gasteiger partial charge is 0.0134 e. The van der Waals surface area contributed by atoms with Gasteiger partial charge in [0.05, 0.1) is 0 Å². The van der Waals surface area contributed by atoms with Crippen LogP contribution in [0.25, 0.3) is 0 Å². The summed E-state index contributed by atoms with van der Waals surface area (Å²) in [5.41, 5.74) is 0.757. The molecule has 2 aliphatic carbocycles. The van der Waals surface area contributed by atoms with Gasteiger partial charge in [0.2, 0.25) is 0 Å². The summed E-state index contributed by atoms with van der Waals surface area (Å²) in [4.78, 5) is 5.54. The summed E-state index contributed by atoms with van der Waals surface area (Å²) in [6, 6.07) is 2.49. The van der Waals surface area contributed by atoms with Gasteiger partial charge in [-0.2, -0.15) is 0 Å². The van der Waals surface area contributed by atoms with Crippen molar-refractivity contribution in [1.82, 2.24) is 9.80 Å². The molecule has 0 aromatic heterocycles. The molecule has 0 aromatic carbocycles. The van der Waals surface area contributed by atoms with Crippen LogP contribution in [-0.4, -0.2) is 47.6 Å². The lowest BCUT2D eigenvalue weighted by Crippen LogP contribution is -2.37. The Balaban J connectivity index is 1.50. The van der Waals surface area contributed by atoms with Crippen LogP contribution in [0.5, 0.6) is 0 Å². The molecule has 4 fully saturated rings. The number of nitrogens with zero attached hydrogens (tertiary/aromatic N) is 2. The fourth-order valence-corrected chi connectivity index (χ4v) is 5.24. The maximum absolute atomic E-state index is 2.80. The molecule has 4 aliphatic rings. The molecule has 4 rings (SSSR count). The van der Waals surface area contributed by atoms with Crippen LogP contribution >= 0.6 is 0 Å². The van der Waals surface area contributed by atoms with Crippen molar-refractivity contribution >= 4 is 0 Å². The zero-order valence-electron chi connectivity index (χ0n) is 12.4. The molecular formula is C16H28N2. The first kappa shape index (κ1) is 11.7. The van der Waals surface area contributed by atoms with Gasteiger partial charge < -0.3 is 4.90 Å². The third kappa shape index (κ3) is 1.42. The molecule has 0 bridgehead atoms. The number of likely N-dealkylation sites (tertiary alicyclic amines) is 2. The standard InChI is InChI=1S/C16H28N2/c1-10(2)17-7-12-6-16(12,9-17)14-8-18(11(3)4)15-5-13(14)15/h10-15H,5-9H2,1-4H3. The first-order valence-corrected chi connectivity index (χ1v) is 8.03. The van der Waals surface area contributed by atoms with E-state index in [1.807, 2.05) is 0 Å². The normalized spacial score (nSPS) is 51.0. The first-order valence-electron chi connectivity index (χ1n) is 8.03. The van der Waals surface area contributed by atoms with Crippen molar-refractivity contribution in [3.63, 3.8) is 0 Å². The van der Waals surface area contributed by atoms with E-state index in [-0.39, 0.29) is 0 Å². The lowest BCUT2D eigenvalue weighted by Gasteiger charge is -2.30. The van der Waals surface area contributed by atoms with Crippen LogP contribution in [0.2, 0.25) is 0 Å². The zero-order chi connectivity index (χ0) is 12.7. The van der Waals surface area contributed by atoms with E-state index in [2.05, 4.69) is 37.5 Å². The number of rotatable bonds is 3. The summed E-state index contributed by atoms with van der Waals surface area (Å²) in [5.74, 6) is 3.17. The molecule has 2 saturated heterocycles. The maximum atomic E-state index is 2.80. The van der Waals surface area contributed by atoms with E-state index in [0.717, 1.165) is 41.3 Å². The van der Waals surface area contributed by atoms with Crippen LogP contribution in [0.3, 0.4) is 0 Å². The summed E-state index contributed by atoms with van der Waals surface area (Å²) < 4.78 is 0. The highest BCUT2D eigenvalue weighted by molar-refractivity contribution is 5.21. The van der Waals surface area contributed by atoms with Crippen molar-refractivity contribution in [2.45, 2.75) is 58.7 Å². The number of piperidine rings is 2. The zero-order valence-corrected chi connectivity index (χ0v) is 12.4. The Morgan fingerprint density at radius 2 is 1.83 bits per heavy atom. The minimum absolute atomic E-state index is 0.757. The van der Waals surface area contributed by atoms with Gasteiger partial charge in [0.1, 0.15) is 0 Å². The average molecular weight is 248 g/mol. The van der Waals surface area contributed by atoms with Gasteiger partial charge in [-0.25, -0.2) is 0 Å². The fraction of sp³-hybridized carbons (Fsp3) is 1.00. The van der Waals surface area contributed by atoms with Crippen molar-refractivity contribution in [3.8, 4) is 0 Å². The molecule has 0 N–H and O–H groups in total. The summed E-state index contributed by atoms with van der Waals surface area (Å²) in [7, 11) is 0. The monoisotopic (exact) mass is 248 g/mol. The van der Waals surface area contributed by atoms with Crippen molar-refractivity contribution < 1.29 is 0 Å². The minimum atomic E-state index is 0.757. The van der Waals surface area contributed by atoms with E-state index < -0.39 is 0 Å². The van der Waals surface area contributed by atoms with Crippen molar-refractivity contribution in [1.29, 1.82) is 0 Å². The van der Waals surface area contributed by atoms with Gasteiger partial charge in [-0.05, 0) is 63.7 Å². The molecule has 0 aromatic rings. The quantitative estimate of drug-likeness (QED) is 0.757. The van der Waals surface area contributed by atoms with E-state index in [1.54, 1.807) is 6.42 Å². The van der Waals surface area contributed by atoms with Gasteiger partial charge >= 0.3 is 0 Å². The van der Waals surface area contributed by atoms with Crippen molar-refractivity contribution in [3.05, 3.63) is 0 Å². The SMILES string of the molecule is CC(C)N1CC2CC2(C2CN(C(C)C)C3CC32)C1. The first-order chi connectivity index (χ1) is 8.53. The molecule has 5 unspecified atom stereocenters. The van der Waals surface area contributed by atoms with Crippen LogP contribution in [-0.2, 0) is 0 Å². The number of hydrogen-bond donors (Lipinski definition) is 0. The van der Waals surface area contributed by atoms with Gasteiger partial charge in [-0.1, -0.05) is 0 Å². The Morgan fingerprint density at radius 3 is 2.39 bits per heavy atom. The molecule has 102 valence electrons. The molecule has 5 atom stereocenters. The fourth-order valence-electron chi connectivity index (χ4n) is 5.24. The summed E-state index contributed by atoms with van der Waals surface area (Å²) >= 11 is 0. The van der Waals surface area contributed by atoms with E-state index >= 15 is 0 Å². The average Bonchev–Trinajstić information content (AvgIpc) is 3.16. The predicted octanol–water partition coefficient (Wildman–Crippen LogP) is 2.45. The van der Waals surface area contributed by atoms with Gasteiger partial charge in [0.25, 0.3) is 0 Å². The van der Waals surface area contributed by atoms with Crippen LogP contribution in [0, 0.1) is 23.2 Å². The maximum Gasteiger partial charge on any atom is 0.0134 e. The minimum Gasteiger partial charge on any atom is -0.300 e. The van der Waals surface area contributed by atoms with Gasteiger partial charge in [0.15, 0.2) is 0 Å². The Labute approximate surface area is 112 Å². The van der Waals surface area contributed by atoms with Gasteiger partial charge in [-0.3, -0.25) is 4.90 Å². The predicted molar refractivity (Wildman–Crippen MR) is 74.5 cm³/mol. The van der Waals surface area contributed by atoms with Crippen LogP contribution in [0.15, 0.2) is 0 Å². The Kier molecular flexibility index (Phi) is 2.29. The topological polar surface area (TPSA) is 6.48 Å². The molecule has 0 amide bonds. The Bertz CT molecular complexity index is 364. The van der Waals surface area contributed by atoms with Crippen LogP contribution < -0.4 is 0 Å². The molecule has 0 radical (unpaired) electrons. The highest BCUT2D eigenvalue weighted by atomic mass is 15.3. The van der Waals surface area contributed by atoms with Crippen molar-refractivity contribution in [2.75, 3.05) is 19.6 Å². The highest BCUT2D eigenvalue weighted by Crippen LogP contribution is 2.69. The second-order valence-corrected chi connectivity index (χ2v) is 8.02. The molecule has 18 heavy (non-hydrogen) atoms. The lowest BCUT2D eigenvalue weighted by molar-refractivity contribution is 0.165. The molecule has 2 nitrogen and oxygen atoms in total. The Morgan fingerprint density at radius 1 is 1.06 bits per heavy atom. The third-order valence-electron chi connectivity index (χ3n) is 6.52. The molecule has 0 spiro atoms. The molecule has 2 heterocycles. The number of hydrogen-bond acceptors (Lipinski definition) is 2. The largest absolute Gasteiger partial charge is 0.300 e. The highest BCUT2D eigenvalue weighted by Gasteiger charge is 2.70. The van der Waals surface area contributed by atoms with E-state index in [4.69, 9.17) is 0 Å². The lowest BCUT2D eigenvalue weighted by atomic mass is 9.85. The third-order valence-corrected chi connectivity index (χ3v) is 6.52. The molecule has 2 heteroatoms.